The summed E-state index contributed by atoms with van der Waals surface area (Å²) in [5, 5.41) is 3.33. The van der Waals surface area contributed by atoms with Gasteiger partial charge in [-0.2, -0.15) is 0 Å². The third kappa shape index (κ3) is 3.09. The van der Waals surface area contributed by atoms with Crippen LogP contribution in [0.3, 0.4) is 0 Å². The molecule has 0 aromatic carbocycles. The number of aryl methyl sites for hydroxylation is 1. The molecule has 0 amide bonds. The van der Waals surface area contributed by atoms with Gasteiger partial charge < -0.3 is 9.73 Å². The second-order valence-electron chi connectivity index (χ2n) is 4.32. The van der Waals surface area contributed by atoms with Crippen LogP contribution in [0.15, 0.2) is 16.5 Å². The number of rotatable bonds is 3. The van der Waals surface area contributed by atoms with Crippen LogP contribution in [-0.4, -0.2) is 26.0 Å². The lowest BCUT2D eigenvalue weighted by molar-refractivity contribution is 0.413. The third-order valence-electron chi connectivity index (χ3n) is 2.92. The fourth-order valence-corrected chi connectivity index (χ4v) is 3.41. The van der Waals surface area contributed by atoms with Gasteiger partial charge in [-0.1, -0.05) is 0 Å². The number of hydrogen-bond donors (Lipinski definition) is 1. The summed E-state index contributed by atoms with van der Waals surface area (Å²) in [6.07, 6.45) is 1.42. The highest BCUT2D eigenvalue weighted by atomic mass is 32.2. The average Bonchev–Trinajstić information content (AvgIpc) is 2.63. The summed E-state index contributed by atoms with van der Waals surface area (Å²) in [6, 6.07) is 4.18. The maximum atomic E-state index is 11.2. The summed E-state index contributed by atoms with van der Waals surface area (Å²) in [7, 11) is -2.76. The Morgan fingerprint density at radius 2 is 2.06 bits per heavy atom. The third-order valence-corrected chi connectivity index (χ3v) is 4.63. The molecule has 1 aromatic heterocycles. The molecule has 0 unspecified atom stereocenters. The smallest absolute Gasteiger partial charge is 0.150 e. The largest absolute Gasteiger partial charge is 0.465 e. The average molecular weight is 243 g/mol. The zero-order valence-electron chi connectivity index (χ0n) is 9.40. The maximum absolute atomic E-state index is 11.2. The molecule has 1 saturated heterocycles. The van der Waals surface area contributed by atoms with E-state index < -0.39 is 9.84 Å². The van der Waals surface area contributed by atoms with Crippen molar-refractivity contribution in [2.24, 2.45) is 0 Å². The van der Waals surface area contributed by atoms with Gasteiger partial charge in [0.25, 0.3) is 0 Å². The molecule has 16 heavy (non-hydrogen) atoms. The highest BCUT2D eigenvalue weighted by Gasteiger charge is 2.23. The zero-order valence-corrected chi connectivity index (χ0v) is 10.2. The first kappa shape index (κ1) is 11.7. The lowest BCUT2D eigenvalue weighted by Gasteiger charge is -2.22. The predicted molar refractivity (Wildman–Crippen MR) is 62.0 cm³/mol. The van der Waals surface area contributed by atoms with Gasteiger partial charge in [-0.3, -0.25) is 0 Å². The van der Waals surface area contributed by atoms with Gasteiger partial charge in [0.1, 0.15) is 21.4 Å². The zero-order chi connectivity index (χ0) is 11.6. The lowest BCUT2D eigenvalue weighted by atomic mass is 10.1. The van der Waals surface area contributed by atoms with Crippen LogP contribution in [0.25, 0.3) is 0 Å². The minimum Gasteiger partial charge on any atom is -0.465 e. The predicted octanol–water partition coefficient (Wildman–Crippen LogP) is 1.25. The van der Waals surface area contributed by atoms with E-state index in [-0.39, 0.29) is 0 Å². The van der Waals surface area contributed by atoms with Gasteiger partial charge in [-0.25, -0.2) is 8.42 Å². The monoisotopic (exact) mass is 243 g/mol. The van der Waals surface area contributed by atoms with Crippen LogP contribution in [0.4, 0.5) is 0 Å². The summed E-state index contributed by atoms with van der Waals surface area (Å²) < 4.78 is 27.9. The number of furan rings is 1. The topological polar surface area (TPSA) is 59.3 Å². The van der Waals surface area contributed by atoms with Crippen LogP contribution in [0.5, 0.6) is 0 Å². The molecule has 0 saturated carbocycles. The molecule has 2 heterocycles. The van der Waals surface area contributed by atoms with Crippen LogP contribution in [-0.2, 0) is 16.4 Å². The lowest BCUT2D eigenvalue weighted by Crippen LogP contribution is -2.37. The Bertz CT molecular complexity index is 436. The van der Waals surface area contributed by atoms with Crippen LogP contribution in [0.2, 0.25) is 0 Å². The van der Waals surface area contributed by atoms with E-state index in [2.05, 4.69) is 5.32 Å². The van der Waals surface area contributed by atoms with Gasteiger partial charge in [-0.05, 0) is 31.9 Å². The summed E-state index contributed by atoms with van der Waals surface area (Å²) >= 11 is 0. The molecule has 1 N–H and O–H groups in total. The van der Waals surface area contributed by atoms with Gasteiger partial charge >= 0.3 is 0 Å². The minimum atomic E-state index is -2.76. The van der Waals surface area contributed by atoms with Crippen molar-refractivity contribution in [3.05, 3.63) is 23.7 Å². The fourth-order valence-electron chi connectivity index (χ4n) is 1.92. The molecule has 0 aliphatic carbocycles. The second-order valence-corrected chi connectivity index (χ2v) is 6.62. The standard InChI is InChI=1S/C11H17NO3S/c1-9-2-3-11(15-9)8-12-10-4-6-16(13,14)7-5-10/h2-3,10,12H,4-8H2,1H3. The van der Waals surface area contributed by atoms with Crippen LogP contribution in [0, 0.1) is 6.92 Å². The van der Waals surface area contributed by atoms with Crippen molar-refractivity contribution < 1.29 is 12.8 Å². The number of hydrogen-bond acceptors (Lipinski definition) is 4. The molecule has 5 heteroatoms. The Balaban J connectivity index is 1.80. The van der Waals surface area contributed by atoms with E-state index in [0.29, 0.717) is 36.9 Å². The summed E-state index contributed by atoms with van der Waals surface area (Å²) in [4.78, 5) is 0. The summed E-state index contributed by atoms with van der Waals surface area (Å²) in [5.74, 6) is 2.43. The van der Waals surface area contributed by atoms with E-state index in [1.165, 1.54) is 0 Å². The molecule has 1 aliphatic rings. The molecule has 1 aliphatic heterocycles. The molecule has 90 valence electrons. The van der Waals surface area contributed by atoms with Crippen molar-refractivity contribution in [1.82, 2.24) is 5.32 Å². The van der Waals surface area contributed by atoms with Crippen molar-refractivity contribution >= 4 is 9.84 Å². The van der Waals surface area contributed by atoms with E-state index in [1.807, 2.05) is 19.1 Å². The highest BCUT2D eigenvalue weighted by Crippen LogP contribution is 2.13. The van der Waals surface area contributed by atoms with Crippen LogP contribution in [0.1, 0.15) is 24.4 Å². The Kier molecular flexibility index (Phi) is 3.35. The Labute approximate surface area is 95.9 Å². The first-order chi connectivity index (χ1) is 7.55. The molecule has 0 bridgehead atoms. The molecular weight excluding hydrogens is 226 g/mol. The van der Waals surface area contributed by atoms with E-state index in [9.17, 15) is 8.42 Å². The Morgan fingerprint density at radius 3 is 2.62 bits per heavy atom. The molecule has 1 aromatic rings. The van der Waals surface area contributed by atoms with Gasteiger partial charge in [-0.15, -0.1) is 0 Å². The number of nitrogens with one attached hydrogen (secondary N) is 1. The van der Waals surface area contributed by atoms with Crippen LogP contribution >= 0.6 is 0 Å². The molecule has 4 nitrogen and oxygen atoms in total. The summed E-state index contributed by atoms with van der Waals surface area (Å²) in [6.45, 7) is 2.59. The number of sulfone groups is 1. The summed E-state index contributed by atoms with van der Waals surface area (Å²) in [5.41, 5.74) is 0. The normalized spacial score (nSPS) is 21.1. The van der Waals surface area contributed by atoms with Crippen LogP contribution < -0.4 is 5.32 Å². The van der Waals surface area contributed by atoms with Gasteiger partial charge in [0.2, 0.25) is 0 Å². The van der Waals surface area contributed by atoms with E-state index in [0.717, 1.165) is 11.5 Å². The van der Waals surface area contributed by atoms with E-state index in [4.69, 9.17) is 4.42 Å². The van der Waals surface area contributed by atoms with Gasteiger partial charge in [0.15, 0.2) is 0 Å². The SMILES string of the molecule is Cc1ccc(CNC2CCS(=O)(=O)CC2)o1. The van der Waals surface area contributed by atoms with Gasteiger partial charge in [0.05, 0.1) is 18.1 Å². The fraction of sp³-hybridized carbons (Fsp3) is 0.636. The first-order valence-corrected chi connectivity index (χ1v) is 7.36. The Morgan fingerprint density at radius 1 is 1.38 bits per heavy atom. The van der Waals surface area contributed by atoms with E-state index in [1.54, 1.807) is 0 Å². The Hall–Kier alpha value is -0.810. The van der Waals surface area contributed by atoms with Crippen molar-refractivity contribution in [3.63, 3.8) is 0 Å². The molecule has 1 fully saturated rings. The van der Waals surface area contributed by atoms with Crippen molar-refractivity contribution in [2.75, 3.05) is 11.5 Å². The van der Waals surface area contributed by atoms with Crippen molar-refractivity contribution in [2.45, 2.75) is 32.4 Å². The van der Waals surface area contributed by atoms with Crippen molar-refractivity contribution in [3.8, 4) is 0 Å². The quantitative estimate of drug-likeness (QED) is 0.868. The maximum Gasteiger partial charge on any atom is 0.150 e. The van der Waals surface area contributed by atoms with Crippen molar-refractivity contribution in [1.29, 1.82) is 0 Å². The first-order valence-electron chi connectivity index (χ1n) is 5.54. The minimum absolute atomic E-state index is 0.300. The molecule has 0 atom stereocenters. The molecule has 2 rings (SSSR count). The van der Waals surface area contributed by atoms with E-state index >= 15 is 0 Å². The molecular formula is C11H17NO3S. The van der Waals surface area contributed by atoms with Gasteiger partial charge in [0, 0.05) is 6.04 Å². The molecule has 0 radical (unpaired) electrons. The second kappa shape index (κ2) is 4.59. The highest BCUT2D eigenvalue weighted by molar-refractivity contribution is 7.91. The molecule has 0 spiro atoms.